The van der Waals surface area contributed by atoms with Crippen molar-refractivity contribution >= 4 is 11.6 Å². The summed E-state index contributed by atoms with van der Waals surface area (Å²) in [6, 6.07) is 8.16. The molecule has 0 radical (unpaired) electrons. The lowest BCUT2D eigenvalue weighted by Gasteiger charge is -2.21. The van der Waals surface area contributed by atoms with Crippen molar-refractivity contribution in [2.24, 2.45) is 0 Å². The Hall–Kier alpha value is -2.60. The molecule has 0 bridgehead atoms. The molecule has 1 aromatic carbocycles. The van der Waals surface area contributed by atoms with Gasteiger partial charge >= 0.3 is 0 Å². The highest BCUT2D eigenvalue weighted by Crippen LogP contribution is 2.19. The number of methoxy groups -OCH3 is 2. The molecular weight excluding hydrogens is 368 g/mol. The van der Waals surface area contributed by atoms with Crippen LogP contribution in [0.4, 0.5) is 0 Å². The molecule has 6 nitrogen and oxygen atoms in total. The summed E-state index contributed by atoms with van der Waals surface area (Å²) in [6.07, 6.45) is 6.85. The number of carbonyl (C=O) groups excluding carboxylic acids is 2. The summed E-state index contributed by atoms with van der Waals surface area (Å²) in [4.78, 5) is 26.1. The normalized spacial score (nSPS) is 13.9. The molecule has 0 atom stereocenters. The van der Waals surface area contributed by atoms with Crippen molar-refractivity contribution in [3.05, 3.63) is 53.4 Å². The number of unbranched alkanes of at least 4 members (excludes halogenated alkanes) is 3. The van der Waals surface area contributed by atoms with Crippen LogP contribution in [0.2, 0.25) is 0 Å². The van der Waals surface area contributed by atoms with E-state index >= 15 is 0 Å². The van der Waals surface area contributed by atoms with Crippen LogP contribution in [0.25, 0.3) is 0 Å². The lowest BCUT2D eigenvalue weighted by Crippen LogP contribution is -2.26. The second kappa shape index (κ2) is 12.1. The van der Waals surface area contributed by atoms with Gasteiger partial charge in [0.25, 0.3) is 0 Å². The number of carbonyl (C=O) groups is 2. The third-order valence-electron chi connectivity index (χ3n) is 5.02. The van der Waals surface area contributed by atoms with E-state index in [1.807, 2.05) is 18.2 Å². The Balaban J connectivity index is 1.63. The average Bonchev–Trinajstić information content (AvgIpc) is 2.74. The first-order valence-electron chi connectivity index (χ1n) is 10.2. The highest BCUT2D eigenvalue weighted by atomic mass is 16.5. The summed E-state index contributed by atoms with van der Waals surface area (Å²) in [5.74, 6) is 0.546. The van der Waals surface area contributed by atoms with Gasteiger partial charge in [0, 0.05) is 30.8 Å². The highest BCUT2D eigenvalue weighted by Gasteiger charge is 2.20. The molecule has 6 heteroatoms. The molecule has 0 heterocycles. The summed E-state index contributed by atoms with van der Waals surface area (Å²) >= 11 is 0. The zero-order valence-electron chi connectivity index (χ0n) is 17.7. The smallest absolute Gasteiger partial charge is 0.222 e. The fraction of sp³-hybridized carbons (Fsp3) is 0.478. The van der Waals surface area contributed by atoms with Crippen molar-refractivity contribution in [3.8, 4) is 5.75 Å². The Morgan fingerprint density at radius 1 is 0.931 bits per heavy atom. The number of hydrogen-bond acceptors (Lipinski definition) is 6. The number of ketones is 2. The minimum Gasteiger partial charge on any atom is -0.496 e. The number of allylic oxidation sites excluding steroid dienone is 2. The quantitative estimate of drug-likeness (QED) is 0.405. The van der Waals surface area contributed by atoms with Gasteiger partial charge in [-0.2, -0.15) is 0 Å². The first-order valence-corrected chi connectivity index (χ1v) is 10.2. The maximum absolute atomic E-state index is 11.9. The number of ether oxygens (including phenoxy) is 2. The number of nitrogens with zero attached hydrogens (tertiary/aromatic N) is 1. The van der Waals surface area contributed by atoms with Crippen LogP contribution in [0.1, 0.15) is 38.2 Å². The van der Waals surface area contributed by atoms with Crippen LogP contribution in [0.5, 0.6) is 5.75 Å². The van der Waals surface area contributed by atoms with E-state index in [4.69, 9.17) is 9.47 Å². The molecule has 158 valence electrons. The molecule has 0 saturated carbocycles. The van der Waals surface area contributed by atoms with Crippen LogP contribution < -0.4 is 10.1 Å². The van der Waals surface area contributed by atoms with Gasteiger partial charge in [-0.25, -0.2) is 0 Å². The van der Waals surface area contributed by atoms with Crippen LogP contribution >= 0.6 is 0 Å². The van der Waals surface area contributed by atoms with Gasteiger partial charge < -0.3 is 14.8 Å². The molecule has 1 N–H and O–H groups in total. The summed E-state index contributed by atoms with van der Waals surface area (Å²) < 4.78 is 10.3. The lowest BCUT2D eigenvalue weighted by molar-refractivity contribution is -0.117. The van der Waals surface area contributed by atoms with Crippen molar-refractivity contribution in [1.82, 2.24) is 10.2 Å². The van der Waals surface area contributed by atoms with Gasteiger partial charge in [0.05, 0.1) is 19.9 Å². The summed E-state index contributed by atoms with van der Waals surface area (Å²) in [6.45, 7) is 5.80. The molecule has 1 aliphatic rings. The summed E-state index contributed by atoms with van der Waals surface area (Å²) in [7, 11) is 3.10. The number of rotatable bonds is 13. The zero-order chi connectivity index (χ0) is 21.1. The van der Waals surface area contributed by atoms with E-state index in [1.54, 1.807) is 7.11 Å². The van der Waals surface area contributed by atoms with Crippen LogP contribution in [0.15, 0.2) is 47.9 Å². The van der Waals surface area contributed by atoms with E-state index in [-0.39, 0.29) is 17.3 Å². The van der Waals surface area contributed by atoms with Gasteiger partial charge in [0.1, 0.15) is 5.75 Å². The van der Waals surface area contributed by atoms with Crippen LogP contribution in [-0.4, -0.2) is 50.3 Å². The van der Waals surface area contributed by atoms with Gasteiger partial charge in [-0.3, -0.25) is 14.5 Å². The number of hydrogen-bond donors (Lipinski definition) is 1. The lowest BCUT2D eigenvalue weighted by atomic mass is 10.1. The van der Waals surface area contributed by atoms with Crippen molar-refractivity contribution in [3.63, 3.8) is 0 Å². The molecule has 2 rings (SSSR count). The Bertz CT molecular complexity index is 755. The van der Waals surface area contributed by atoms with E-state index in [0.29, 0.717) is 12.2 Å². The average molecular weight is 401 g/mol. The standard InChI is InChI=1S/C23H32N2O4/c1-4-25(17-18-11-7-8-12-22(18)28-2)14-10-6-5-9-13-24-19-15-21(27)23(29-3)16-20(19)26/h7-8,11-12,15-16,24H,4-6,9-10,13-14,17H2,1-3H3. The molecule has 0 spiro atoms. The van der Waals surface area contributed by atoms with Gasteiger partial charge in [-0.15, -0.1) is 0 Å². The van der Waals surface area contributed by atoms with E-state index in [0.717, 1.165) is 51.1 Å². The molecule has 0 aliphatic heterocycles. The van der Waals surface area contributed by atoms with E-state index in [1.165, 1.54) is 24.8 Å². The van der Waals surface area contributed by atoms with Crippen LogP contribution in [0, 0.1) is 0 Å². The highest BCUT2D eigenvalue weighted by molar-refractivity contribution is 6.18. The van der Waals surface area contributed by atoms with Gasteiger partial charge in [-0.05, 0) is 32.0 Å². The van der Waals surface area contributed by atoms with Crippen molar-refractivity contribution in [2.75, 3.05) is 33.9 Å². The summed E-state index contributed by atoms with van der Waals surface area (Å²) in [5, 5.41) is 3.07. The van der Waals surface area contributed by atoms with E-state index < -0.39 is 0 Å². The van der Waals surface area contributed by atoms with Crippen molar-refractivity contribution in [1.29, 1.82) is 0 Å². The molecule has 0 saturated heterocycles. The largest absolute Gasteiger partial charge is 0.496 e. The first kappa shape index (κ1) is 22.7. The maximum Gasteiger partial charge on any atom is 0.222 e. The Morgan fingerprint density at radius 2 is 1.69 bits per heavy atom. The maximum atomic E-state index is 11.9. The SMILES string of the molecule is CCN(CCCCCCNC1=CC(=O)C(OC)=CC1=O)Cc1ccccc1OC. The third-order valence-corrected chi connectivity index (χ3v) is 5.02. The van der Waals surface area contributed by atoms with Crippen molar-refractivity contribution in [2.45, 2.75) is 39.2 Å². The van der Waals surface area contributed by atoms with E-state index in [2.05, 4.69) is 23.2 Å². The number of benzene rings is 1. The number of para-hydroxylation sites is 1. The molecule has 0 unspecified atom stereocenters. The summed E-state index contributed by atoms with van der Waals surface area (Å²) in [5.41, 5.74) is 1.57. The Labute approximate surface area is 173 Å². The minimum absolute atomic E-state index is 0.0918. The monoisotopic (exact) mass is 400 g/mol. The second-order valence-electron chi connectivity index (χ2n) is 7.02. The van der Waals surface area contributed by atoms with Gasteiger partial charge in [0.15, 0.2) is 5.76 Å². The van der Waals surface area contributed by atoms with Crippen LogP contribution in [-0.2, 0) is 20.9 Å². The minimum atomic E-state index is -0.274. The van der Waals surface area contributed by atoms with Gasteiger partial charge in [-0.1, -0.05) is 38.0 Å². The first-order chi connectivity index (χ1) is 14.1. The molecule has 0 aromatic heterocycles. The predicted octanol–water partition coefficient (Wildman–Crippen LogP) is 3.23. The Kier molecular flexibility index (Phi) is 9.44. The molecule has 0 fully saturated rings. The van der Waals surface area contributed by atoms with Gasteiger partial charge in [0.2, 0.25) is 11.6 Å². The fourth-order valence-corrected chi connectivity index (χ4v) is 3.30. The second-order valence-corrected chi connectivity index (χ2v) is 7.02. The molecule has 1 aromatic rings. The van der Waals surface area contributed by atoms with Crippen molar-refractivity contribution < 1.29 is 19.1 Å². The number of nitrogens with one attached hydrogen (secondary N) is 1. The molecule has 0 amide bonds. The fourth-order valence-electron chi connectivity index (χ4n) is 3.30. The van der Waals surface area contributed by atoms with Crippen LogP contribution in [0.3, 0.4) is 0 Å². The molecular formula is C23H32N2O4. The predicted molar refractivity (Wildman–Crippen MR) is 114 cm³/mol. The Morgan fingerprint density at radius 3 is 2.41 bits per heavy atom. The van der Waals surface area contributed by atoms with E-state index in [9.17, 15) is 9.59 Å². The third kappa shape index (κ3) is 7.06. The molecule has 1 aliphatic carbocycles. The zero-order valence-corrected chi connectivity index (χ0v) is 17.7. The molecule has 29 heavy (non-hydrogen) atoms. The topological polar surface area (TPSA) is 67.9 Å².